The van der Waals surface area contributed by atoms with Crippen molar-refractivity contribution in [1.82, 2.24) is 9.80 Å². The van der Waals surface area contributed by atoms with E-state index < -0.39 is 11.8 Å². The van der Waals surface area contributed by atoms with E-state index in [0.29, 0.717) is 50.4 Å². The van der Waals surface area contributed by atoms with Crippen LogP contribution in [0.5, 0.6) is 0 Å². The van der Waals surface area contributed by atoms with Crippen molar-refractivity contribution in [3.8, 4) is 0 Å². The molecule has 0 bridgehead atoms. The molecule has 0 spiro atoms. The Morgan fingerprint density at radius 1 is 1.13 bits per heavy atom. The quantitative estimate of drug-likeness (QED) is 0.270. The number of carbonyl (C=O) groups is 3. The number of benzene rings is 2. The van der Waals surface area contributed by atoms with Gasteiger partial charge in [-0.2, -0.15) is 0 Å². The molecule has 240 valence electrons. The zero-order valence-electron chi connectivity index (χ0n) is 25.3. The van der Waals surface area contributed by atoms with E-state index in [0.717, 1.165) is 35.9 Å². The minimum atomic E-state index is -0.748. The van der Waals surface area contributed by atoms with Crippen molar-refractivity contribution in [3.05, 3.63) is 63.7 Å². The van der Waals surface area contributed by atoms with Crippen LogP contribution in [-0.2, 0) is 20.7 Å². The van der Waals surface area contributed by atoms with Crippen LogP contribution < -0.4 is 5.32 Å². The van der Waals surface area contributed by atoms with Crippen molar-refractivity contribution in [2.24, 2.45) is 5.92 Å². The second-order valence-corrected chi connectivity index (χ2v) is 14.0. The van der Waals surface area contributed by atoms with Gasteiger partial charge >= 0.3 is 5.97 Å². The number of carboxylic acid groups (broad SMARTS) is 1. The molecular weight excluding hydrogens is 617 g/mol. The summed E-state index contributed by atoms with van der Waals surface area (Å²) in [5.74, 6) is -2.24. The van der Waals surface area contributed by atoms with Crippen LogP contribution in [0.3, 0.4) is 0 Å². The summed E-state index contributed by atoms with van der Waals surface area (Å²) in [4.78, 5) is 42.4. The summed E-state index contributed by atoms with van der Waals surface area (Å²) in [5.41, 5.74) is 0.817. The van der Waals surface area contributed by atoms with E-state index in [1.54, 1.807) is 5.38 Å². The molecule has 3 fully saturated rings. The molecule has 0 radical (unpaired) electrons. The maximum absolute atomic E-state index is 15.4. The van der Waals surface area contributed by atoms with Gasteiger partial charge in [0.1, 0.15) is 5.82 Å². The number of thiophene rings is 1. The molecule has 0 unspecified atom stereocenters. The molecule has 3 aliphatic rings. The number of hydrogen-bond donors (Lipinski definition) is 2. The number of nitrogens with one attached hydrogen (secondary N) is 1. The summed E-state index contributed by atoms with van der Waals surface area (Å²) in [7, 11) is 0. The van der Waals surface area contributed by atoms with Crippen LogP contribution >= 0.6 is 22.9 Å². The molecule has 11 heteroatoms. The fourth-order valence-corrected chi connectivity index (χ4v) is 8.42. The average molecular weight is 656 g/mol. The minimum Gasteiger partial charge on any atom is -0.481 e. The molecule has 6 rings (SSSR count). The smallest absolute Gasteiger partial charge is 0.306 e. The van der Waals surface area contributed by atoms with Crippen molar-refractivity contribution < 1.29 is 28.6 Å². The summed E-state index contributed by atoms with van der Waals surface area (Å²) in [6.07, 6.45) is 5.46. The zero-order valence-corrected chi connectivity index (χ0v) is 26.9. The van der Waals surface area contributed by atoms with Crippen molar-refractivity contribution >= 4 is 56.5 Å². The van der Waals surface area contributed by atoms with E-state index in [1.165, 1.54) is 23.5 Å². The monoisotopic (exact) mass is 655 g/mol. The first-order chi connectivity index (χ1) is 21.7. The molecule has 2 aliphatic heterocycles. The number of carboxylic acids is 1. The lowest BCUT2D eigenvalue weighted by Crippen LogP contribution is -2.42. The van der Waals surface area contributed by atoms with Crippen LogP contribution in [0, 0.1) is 11.7 Å². The van der Waals surface area contributed by atoms with E-state index in [4.69, 9.17) is 16.3 Å². The number of likely N-dealkylation sites (tertiary alicyclic amines) is 2. The topological polar surface area (TPSA) is 99.2 Å². The second kappa shape index (κ2) is 13.7. The molecule has 3 heterocycles. The van der Waals surface area contributed by atoms with Gasteiger partial charge in [0.15, 0.2) is 0 Å². The third kappa shape index (κ3) is 7.04. The van der Waals surface area contributed by atoms with E-state index in [2.05, 4.69) is 17.1 Å². The fraction of sp³-hybridized carbons (Fsp3) is 0.500. The number of fused-ring (bicyclic) bond motifs is 1. The van der Waals surface area contributed by atoms with Gasteiger partial charge in [0.25, 0.3) is 5.91 Å². The summed E-state index contributed by atoms with van der Waals surface area (Å²) in [6.45, 7) is 4.15. The first-order valence-electron chi connectivity index (χ1n) is 15.8. The van der Waals surface area contributed by atoms with Crippen LogP contribution in [-0.4, -0.2) is 76.6 Å². The minimum absolute atomic E-state index is 0.0200. The van der Waals surface area contributed by atoms with Gasteiger partial charge in [-0.3, -0.25) is 19.3 Å². The molecule has 45 heavy (non-hydrogen) atoms. The largest absolute Gasteiger partial charge is 0.481 e. The van der Waals surface area contributed by atoms with E-state index in [-0.39, 0.29) is 58.6 Å². The maximum atomic E-state index is 15.4. The SMILES string of the molecule is C[C@H]1CCCN1[C@H]1C[C@@H](CO[C@H]2CC[C@H](C(=O)O)CC2)N(C(=O)Cc2cc(Cl)c(NC(=O)c3csc4ccccc34)cc2F)C1. The van der Waals surface area contributed by atoms with Crippen LogP contribution in [0.25, 0.3) is 10.1 Å². The molecule has 3 atom stereocenters. The Labute approximate surface area is 271 Å². The highest BCUT2D eigenvalue weighted by Crippen LogP contribution is 2.33. The molecule has 1 aliphatic carbocycles. The summed E-state index contributed by atoms with van der Waals surface area (Å²) >= 11 is 7.98. The molecule has 2 saturated heterocycles. The van der Waals surface area contributed by atoms with Crippen molar-refractivity contribution in [2.75, 3.05) is 25.0 Å². The summed E-state index contributed by atoms with van der Waals surface area (Å²) < 4.78 is 22.7. The Morgan fingerprint density at radius 2 is 1.91 bits per heavy atom. The van der Waals surface area contributed by atoms with Crippen LogP contribution in [0.4, 0.5) is 10.1 Å². The summed E-state index contributed by atoms with van der Waals surface area (Å²) in [6, 6.07) is 10.7. The van der Waals surface area contributed by atoms with Gasteiger partial charge in [-0.1, -0.05) is 29.8 Å². The highest BCUT2D eigenvalue weighted by Gasteiger charge is 2.41. The Kier molecular flexibility index (Phi) is 9.75. The number of anilines is 1. The third-order valence-corrected chi connectivity index (χ3v) is 11.1. The van der Waals surface area contributed by atoms with Gasteiger partial charge in [-0.25, -0.2) is 4.39 Å². The number of ether oxygens (including phenoxy) is 1. The lowest BCUT2D eigenvalue weighted by molar-refractivity contribution is -0.144. The molecule has 1 aromatic heterocycles. The Balaban J connectivity index is 1.13. The van der Waals surface area contributed by atoms with E-state index >= 15 is 4.39 Å². The number of rotatable bonds is 9. The lowest BCUT2D eigenvalue weighted by Gasteiger charge is -2.30. The van der Waals surface area contributed by atoms with Gasteiger partial charge in [0.2, 0.25) is 5.91 Å². The van der Waals surface area contributed by atoms with Gasteiger partial charge in [0, 0.05) is 34.1 Å². The normalized spacial score (nSPS) is 25.6. The predicted octanol–water partition coefficient (Wildman–Crippen LogP) is 6.60. The first kappa shape index (κ1) is 31.9. The summed E-state index contributed by atoms with van der Waals surface area (Å²) in [5, 5.41) is 14.8. The predicted molar refractivity (Wildman–Crippen MR) is 174 cm³/mol. The molecule has 2 amide bonds. The second-order valence-electron chi connectivity index (χ2n) is 12.7. The number of carbonyl (C=O) groups excluding carboxylic acids is 2. The van der Waals surface area contributed by atoms with Gasteiger partial charge in [-0.05, 0) is 82.2 Å². The standard InChI is InChI=1S/C34H39ClFN3O5S/c1-20-5-4-12-38(20)23-15-24(18-44-25-10-8-21(9-11-25)34(42)43)39(17-23)32(40)14-22-13-28(35)30(16-29(22)36)37-33(41)27-19-45-31-7-3-2-6-26(27)31/h2-3,6-7,13,16,19-21,23-25H,4-5,8-12,14-15,17-18H2,1H3,(H,37,41)(H,42,43)/t20-,21-,23-,24-,25-/m0/s1. The van der Waals surface area contributed by atoms with Gasteiger partial charge in [0.05, 0.1) is 47.4 Å². The Bertz CT molecular complexity index is 1570. The van der Waals surface area contributed by atoms with Crippen LogP contribution in [0.1, 0.15) is 67.8 Å². The average Bonchev–Trinajstić information content (AvgIpc) is 3.77. The highest BCUT2D eigenvalue weighted by molar-refractivity contribution is 7.17. The number of aliphatic carboxylic acids is 1. The molecule has 1 saturated carbocycles. The number of amides is 2. The van der Waals surface area contributed by atoms with Crippen LogP contribution in [0.2, 0.25) is 5.02 Å². The van der Waals surface area contributed by atoms with Crippen LogP contribution in [0.15, 0.2) is 41.8 Å². The molecular formula is C34H39ClFN3O5S. The van der Waals surface area contributed by atoms with Gasteiger partial charge in [-0.15, -0.1) is 11.3 Å². The molecule has 2 aromatic carbocycles. The molecule has 2 N–H and O–H groups in total. The third-order valence-electron chi connectivity index (χ3n) is 9.79. The lowest BCUT2D eigenvalue weighted by atomic mass is 9.87. The fourth-order valence-electron chi connectivity index (χ4n) is 7.24. The van der Waals surface area contributed by atoms with E-state index in [9.17, 15) is 19.5 Å². The zero-order chi connectivity index (χ0) is 31.7. The van der Waals surface area contributed by atoms with Crippen molar-refractivity contribution in [2.45, 2.75) is 82.5 Å². The number of hydrogen-bond acceptors (Lipinski definition) is 6. The van der Waals surface area contributed by atoms with Crippen molar-refractivity contribution in [3.63, 3.8) is 0 Å². The highest BCUT2D eigenvalue weighted by atomic mass is 35.5. The first-order valence-corrected chi connectivity index (χ1v) is 17.1. The van der Waals surface area contributed by atoms with E-state index in [1.807, 2.05) is 29.2 Å². The Hall–Kier alpha value is -3.05. The number of halogens is 2. The van der Waals surface area contributed by atoms with Crippen molar-refractivity contribution in [1.29, 1.82) is 0 Å². The Morgan fingerprint density at radius 3 is 2.64 bits per heavy atom. The maximum Gasteiger partial charge on any atom is 0.306 e. The van der Waals surface area contributed by atoms with Gasteiger partial charge < -0.3 is 20.1 Å². The molecule has 8 nitrogen and oxygen atoms in total. The molecule has 3 aromatic rings. The number of nitrogens with zero attached hydrogens (tertiary/aromatic N) is 2.